The first-order valence-corrected chi connectivity index (χ1v) is 8.90. The van der Waals surface area contributed by atoms with Gasteiger partial charge in [-0.05, 0) is 24.3 Å². The average Bonchev–Trinajstić information content (AvgIpc) is 2.63. The number of para-hydroxylation sites is 1. The lowest BCUT2D eigenvalue weighted by molar-refractivity contribution is -0.385. The number of halogens is 4. The molecule has 0 aliphatic carbocycles. The smallest absolute Gasteiger partial charge is 0.313 e. The maximum Gasteiger partial charge on any atom is 0.313 e. The van der Waals surface area contributed by atoms with Crippen LogP contribution in [0.15, 0.2) is 54.6 Å². The zero-order valence-electron chi connectivity index (χ0n) is 13.3. The number of nitro groups is 1. The second-order valence-corrected chi connectivity index (χ2v) is 6.80. The summed E-state index contributed by atoms with van der Waals surface area (Å²) >= 11 is 24.3. The molecule has 0 saturated carbocycles. The van der Waals surface area contributed by atoms with Gasteiger partial charge < -0.3 is 9.47 Å². The van der Waals surface area contributed by atoms with Gasteiger partial charge in [0, 0.05) is 12.1 Å². The van der Waals surface area contributed by atoms with Crippen LogP contribution in [-0.4, -0.2) is 4.92 Å². The fraction of sp³-hybridized carbons (Fsp3) is 0. The highest BCUT2D eigenvalue weighted by Gasteiger charge is 2.24. The van der Waals surface area contributed by atoms with Gasteiger partial charge in [-0.1, -0.05) is 64.6 Å². The zero-order valence-corrected chi connectivity index (χ0v) is 16.3. The molecule has 0 aliphatic heterocycles. The largest absolute Gasteiger partial charge is 0.454 e. The van der Waals surface area contributed by atoms with E-state index in [1.807, 2.05) is 0 Å². The van der Waals surface area contributed by atoms with Gasteiger partial charge in [-0.3, -0.25) is 10.1 Å². The van der Waals surface area contributed by atoms with Crippen molar-refractivity contribution in [2.75, 3.05) is 0 Å². The van der Waals surface area contributed by atoms with E-state index in [2.05, 4.69) is 0 Å². The number of hydrogen-bond acceptors (Lipinski definition) is 4. The SMILES string of the molecule is O=[N+]([O-])c1ccc(Oc2cc(Cl)c(Cl)cc2Cl)c(Cl)c1Oc1ccccc1. The Morgan fingerprint density at radius 3 is 2.11 bits per heavy atom. The van der Waals surface area contributed by atoms with Crippen molar-refractivity contribution in [1.29, 1.82) is 0 Å². The van der Waals surface area contributed by atoms with Crippen LogP contribution in [0, 0.1) is 10.1 Å². The van der Waals surface area contributed by atoms with Crippen molar-refractivity contribution >= 4 is 52.1 Å². The van der Waals surface area contributed by atoms with Crippen LogP contribution in [0.5, 0.6) is 23.0 Å². The normalized spacial score (nSPS) is 10.5. The summed E-state index contributed by atoms with van der Waals surface area (Å²) < 4.78 is 11.3. The van der Waals surface area contributed by atoms with Crippen molar-refractivity contribution < 1.29 is 14.4 Å². The summed E-state index contributed by atoms with van der Waals surface area (Å²) in [4.78, 5) is 10.7. The van der Waals surface area contributed by atoms with Gasteiger partial charge in [-0.15, -0.1) is 0 Å². The maximum absolute atomic E-state index is 11.3. The molecule has 3 aromatic carbocycles. The summed E-state index contributed by atoms with van der Waals surface area (Å²) in [5.74, 6) is 0.523. The lowest BCUT2D eigenvalue weighted by atomic mass is 10.2. The molecule has 0 heterocycles. The van der Waals surface area contributed by atoms with E-state index in [1.165, 1.54) is 24.3 Å². The summed E-state index contributed by atoms with van der Waals surface area (Å²) in [7, 11) is 0. The Hall–Kier alpha value is -2.18. The van der Waals surface area contributed by atoms with Crippen LogP contribution in [0.25, 0.3) is 0 Å². The second kappa shape index (κ2) is 8.23. The highest BCUT2D eigenvalue weighted by molar-refractivity contribution is 6.43. The first-order chi connectivity index (χ1) is 12.9. The molecular weight excluding hydrogens is 436 g/mol. The van der Waals surface area contributed by atoms with Gasteiger partial charge in [0.05, 0.1) is 20.0 Å². The van der Waals surface area contributed by atoms with Gasteiger partial charge in [0.25, 0.3) is 0 Å². The van der Waals surface area contributed by atoms with E-state index >= 15 is 0 Å². The van der Waals surface area contributed by atoms with Crippen molar-refractivity contribution in [2.45, 2.75) is 0 Å². The number of nitro benzene ring substituents is 1. The Balaban J connectivity index is 2.04. The minimum absolute atomic E-state index is 0.0878. The molecule has 0 atom stereocenters. The van der Waals surface area contributed by atoms with E-state index in [9.17, 15) is 10.1 Å². The summed E-state index contributed by atoms with van der Waals surface area (Å²) in [6, 6.07) is 13.9. The highest BCUT2D eigenvalue weighted by Crippen LogP contribution is 2.46. The molecule has 0 aliphatic rings. The topological polar surface area (TPSA) is 61.6 Å². The van der Waals surface area contributed by atoms with Crippen LogP contribution in [0.3, 0.4) is 0 Å². The standard InChI is InChI=1S/C18H9Cl4NO4/c19-11-8-13(21)16(9-12(11)20)27-15-7-6-14(23(24)25)18(17(15)22)26-10-4-2-1-3-5-10/h1-9H. The van der Waals surface area contributed by atoms with Gasteiger partial charge in [0.1, 0.15) is 22.3 Å². The first kappa shape index (κ1) is 19.6. The van der Waals surface area contributed by atoms with E-state index < -0.39 is 4.92 Å². The first-order valence-electron chi connectivity index (χ1n) is 7.39. The van der Waals surface area contributed by atoms with Gasteiger partial charge in [0.2, 0.25) is 5.75 Å². The average molecular weight is 445 g/mol. The van der Waals surface area contributed by atoms with E-state index in [0.717, 1.165) is 0 Å². The summed E-state index contributed by atoms with van der Waals surface area (Å²) in [5, 5.41) is 11.9. The predicted octanol–water partition coefficient (Wildman–Crippen LogP) is 7.79. The van der Waals surface area contributed by atoms with Crippen LogP contribution in [0.4, 0.5) is 5.69 Å². The molecule has 0 spiro atoms. The lowest BCUT2D eigenvalue weighted by Gasteiger charge is -2.13. The van der Waals surface area contributed by atoms with Crippen molar-refractivity contribution in [2.24, 2.45) is 0 Å². The van der Waals surface area contributed by atoms with Gasteiger partial charge in [0.15, 0.2) is 0 Å². The Kier molecular flexibility index (Phi) is 5.97. The minimum atomic E-state index is -0.597. The van der Waals surface area contributed by atoms with E-state index in [1.54, 1.807) is 30.3 Å². The van der Waals surface area contributed by atoms with Crippen LogP contribution >= 0.6 is 46.4 Å². The van der Waals surface area contributed by atoms with Crippen LogP contribution in [-0.2, 0) is 0 Å². The number of hydrogen-bond donors (Lipinski definition) is 0. The van der Waals surface area contributed by atoms with Gasteiger partial charge in [-0.25, -0.2) is 0 Å². The molecule has 0 aromatic heterocycles. The third-order valence-electron chi connectivity index (χ3n) is 3.40. The summed E-state index contributed by atoms with van der Waals surface area (Å²) in [5.41, 5.74) is -0.309. The molecular formula is C18H9Cl4NO4. The maximum atomic E-state index is 11.3. The van der Waals surface area contributed by atoms with Crippen molar-refractivity contribution in [3.63, 3.8) is 0 Å². The molecule has 0 fully saturated rings. The quantitative estimate of drug-likeness (QED) is 0.229. The van der Waals surface area contributed by atoms with E-state index in [-0.39, 0.29) is 43.0 Å². The Labute approximate surface area is 174 Å². The molecule has 0 bridgehead atoms. The molecule has 9 heteroatoms. The third-order valence-corrected chi connectivity index (χ3v) is 4.77. The fourth-order valence-electron chi connectivity index (χ4n) is 2.15. The fourth-order valence-corrected chi connectivity index (χ4v) is 2.97. The molecule has 0 N–H and O–H groups in total. The van der Waals surface area contributed by atoms with Crippen molar-refractivity contribution in [3.05, 3.63) is 84.8 Å². The Bertz CT molecular complexity index is 1010. The van der Waals surface area contributed by atoms with E-state index in [0.29, 0.717) is 5.75 Å². The predicted molar refractivity (Wildman–Crippen MR) is 106 cm³/mol. The number of benzene rings is 3. The van der Waals surface area contributed by atoms with Crippen LogP contribution in [0.1, 0.15) is 0 Å². The van der Waals surface area contributed by atoms with Gasteiger partial charge in [-0.2, -0.15) is 0 Å². The second-order valence-electron chi connectivity index (χ2n) is 5.20. The Morgan fingerprint density at radius 2 is 1.44 bits per heavy atom. The molecule has 5 nitrogen and oxygen atoms in total. The molecule has 0 radical (unpaired) electrons. The van der Waals surface area contributed by atoms with Crippen LogP contribution < -0.4 is 9.47 Å². The number of nitrogens with zero attached hydrogens (tertiary/aromatic N) is 1. The monoisotopic (exact) mass is 443 g/mol. The lowest BCUT2D eigenvalue weighted by Crippen LogP contribution is -1.96. The zero-order chi connectivity index (χ0) is 19.6. The minimum Gasteiger partial charge on any atom is -0.454 e. The van der Waals surface area contributed by atoms with Crippen LogP contribution in [0.2, 0.25) is 20.1 Å². The molecule has 0 saturated heterocycles. The highest BCUT2D eigenvalue weighted by atomic mass is 35.5. The molecule has 3 aromatic rings. The van der Waals surface area contributed by atoms with Crippen molar-refractivity contribution in [3.8, 4) is 23.0 Å². The Morgan fingerprint density at radius 1 is 0.778 bits per heavy atom. The van der Waals surface area contributed by atoms with E-state index in [4.69, 9.17) is 55.9 Å². The van der Waals surface area contributed by atoms with Gasteiger partial charge >= 0.3 is 5.69 Å². The summed E-state index contributed by atoms with van der Waals surface area (Å²) in [6.07, 6.45) is 0. The third kappa shape index (κ3) is 4.39. The molecule has 3 rings (SSSR count). The summed E-state index contributed by atoms with van der Waals surface area (Å²) in [6.45, 7) is 0. The number of rotatable bonds is 5. The molecule has 138 valence electrons. The van der Waals surface area contributed by atoms with Crippen molar-refractivity contribution in [1.82, 2.24) is 0 Å². The molecule has 0 amide bonds. The molecule has 0 unspecified atom stereocenters. The number of ether oxygens (including phenoxy) is 2. The molecule has 27 heavy (non-hydrogen) atoms.